The number of hydrazine groups is 1. The van der Waals surface area contributed by atoms with Crippen LogP contribution in [0.15, 0.2) is 78.9 Å². The summed E-state index contributed by atoms with van der Waals surface area (Å²) in [5.41, 5.74) is 3.96. The van der Waals surface area contributed by atoms with E-state index >= 15 is 0 Å². The van der Waals surface area contributed by atoms with E-state index in [1.54, 1.807) is 24.3 Å². The first kappa shape index (κ1) is 25.8. The summed E-state index contributed by atoms with van der Waals surface area (Å²) < 4.78 is 19.1. The topological polar surface area (TPSA) is 91.0 Å². The van der Waals surface area contributed by atoms with Crippen molar-refractivity contribution in [2.45, 2.75) is 25.9 Å². The van der Waals surface area contributed by atoms with Crippen LogP contribution >= 0.6 is 12.2 Å². The highest BCUT2D eigenvalue weighted by molar-refractivity contribution is 7.80. The van der Waals surface area contributed by atoms with E-state index in [4.69, 9.17) is 17.0 Å². The summed E-state index contributed by atoms with van der Waals surface area (Å²) in [5.74, 6) is -1.54. The second kappa shape index (κ2) is 11.6. The van der Waals surface area contributed by atoms with Gasteiger partial charge in [-0.2, -0.15) is 0 Å². The van der Waals surface area contributed by atoms with Crippen LogP contribution in [-0.4, -0.2) is 45.4 Å². The van der Waals surface area contributed by atoms with Crippen LogP contribution in [0.25, 0.3) is 0 Å². The molecule has 4 rings (SSSR count). The predicted octanol–water partition coefficient (Wildman–Crippen LogP) is 3.90. The molecule has 1 aliphatic rings. The number of anilines is 1. The van der Waals surface area contributed by atoms with Gasteiger partial charge >= 0.3 is 0 Å². The number of carbonyl (C=O) groups is 3. The minimum atomic E-state index is -1.09. The Morgan fingerprint density at radius 3 is 2.51 bits per heavy atom. The Hall–Kier alpha value is -4.31. The average Bonchev–Trinajstić information content (AvgIpc) is 3.09. The zero-order chi connectivity index (χ0) is 26.4. The van der Waals surface area contributed by atoms with Crippen molar-refractivity contribution in [3.8, 4) is 5.75 Å². The minimum absolute atomic E-state index is 0.0368. The normalized spacial score (nSPS) is 15.0. The Balaban J connectivity index is 1.55. The largest absolute Gasteiger partial charge is 0.494 e. The Bertz CT molecular complexity index is 1320. The van der Waals surface area contributed by atoms with Gasteiger partial charge in [-0.1, -0.05) is 42.5 Å². The van der Waals surface area contributed by atoms with E-state index in [0.717, 1.165) is 11.6 Å². The van der Waals surface area contributed by atoms with E-state index in [0.29, 0.717) is 18.0 Å². The molecule has 190 valence electrons. The van der Waals surface area contributed by atoms with Gasteiger partial charge < -0.3 is 10.1 Å². The van der Waals surface area contributed by atoms with Gasteiger partial charge in [0.25, 0.3) is 11.8 Å². The number of benzene rings is 3. The number of hydrogen-bond donors (Lipinski definition) is 2. The van der Waals surface area contributed by atoms with E-state index in [1.807, 2.05) is 37.3 Å². The number of carbonyl (C=O) groups excluding carboxylic acids is 3. The first-order valence-electron chi connectivity index (χ1n) is 11.6. The van der Waals surface area contributed by atoms with Crippen LogP contribution < -0.4 is 15.5 Å². The number of rotatable bonds is 9. The maximum Gasteiger partial charge on any atom is 0.269 e. The second-order valence-electron chi connectivity index (χ2n) is 8.24. The van der Waals surface area contributed by atoms with E-state index in [2.05, 4.69) is 10.7 Å². The van der Waals surface area contributed by atoms with Gasteiger partial charge in [0.1, 0.15) is 17.6 Å². The monoisotopic (exact) mass is 520 g/mol. The van der Waals surface area contributed by atoms with Gasteiger partial charge in [-0.15, -0.1) is 0 Å². The Kier molecular flexibility index (Phi) is 8.09. The molecule has 0 aliphatic carbocycles. The summed E-state index contributed by atoms with van der Waals surface area (Å²) >= 11 is 5.53. The van der Waals surface area contributed by atoms with E-state index < -0.39 is 29.6 Å². The number of amides is 3. The highest BCUT2D eigenvalue weighted by Crippen LogP contribution is 2.23. The van der Waals surface area contributed by atoms with E-state index in [9.17, 15) is 18.8 Å². The minimum Gasteiger partial charge on any atom is -0.494 e. The molecule has 0 spiro atoms. The Morgan fingerprint density at radius 2 is 1.78 bits per heavy atom. The van der Waals surface area contributed by atoms with Crippen LogP contribution in [0.1, 0.15) is 29.3 Å². The molecular formula is C27H25FN4O4S. The summed E-state index contributed by atoms with van der Waals surface area (Å²) in [5, 5.41) is 3.99. The number of hydrogen-bond acceptors (Lipinski definition) is 5. The molecule has 3 amide bonds. The molecule has 1 unspecified atom stereocenters. The summed E-state index contributed by atoms with van der Waals surface area (Å²) in [6.45, 7) is 2.50. The first-order chi connectivity index (χ1) is 17.9. The fourth-order valence-electron chi connectivity index (χ4n) is 3.89. The fourth-order valence-corrected chi connectivity index (χ4v) is 4.21. The fraction of sp³-hybridized carbons (Fsp3) is 0.185. The lowest BCUT2D eigenvalue weighted by Crippen LogP contribution is -2.49. The van der Waals surface area contributed by atoms with Crippen LogP contribution in [0.3, 0.4) is 0 Å². The van der Waals surface area contributed by atoms with Gasteiger partial charge in [-0.25, -0.2) is 9.40 Å². The van der Waals surface area contributed by atoms with E-state index in [1.165, 1.54) is 28.1 Å². The molecular weight excluding hydrogens is 495 g/mol. The molecule has 37 heavy (non-hydrogen) atoms. The van der Waals surface area contributed by atoms with Crippen molar-refractivity contribution < 1.29 is 23.5 Å². The van der Waals surface area contributed by atoms with Gasteiger partial charge in [0.05, 0.1) is 19.6 Å². The van der Waals surface area contributed by atoms with Crippen molar-refractivity contribution in [3.63, 3.8) is 0 Å². The predicted molar refractivity (Wildman–Crippen MR) is 140 cm³/mol. The number of ether oxygens (including phenoxy) is 1. The second-order valence-corrected chi connectivity index (χ2v) is 8.61. The quantitative estimate of drug-likeness (QED) is 0.416. The lowest BCUT2D eigenvalue weighted by atomic mass is 10.1. The maximum atomic E-state index is 13.7. The number of halogens is 1. The molecule has 0 aromatic heterocycles. The SMILES string of the molecule is CCOc1cccc(NC(=O)CC2C(=O)N(Cc3ccccc3)C(=S)N2NC(=O)c2cccc(F)c2)c1. The van der Waals surface area contributed by atoms with Gasteiger partial charge in [0, 0.05) is 17.3 Å². The first-order valence-corrected chi connectivity index (χ1v) is 12.0. The lowest BCUT2D eigenvalue weighted by Gasteiger charge is -2.24. The molecule has 1 heterocycles. The van der Waals surface area contributed by atoms with Crippen molar-refractivity contribution in [1.29, 1.82) is 0 Å². The van der Waals surface area contributed by atoms with Crippen molar-refractivity contribution in [2.75, 3.05) is 11.9 Å². The van der Waals surface area contributed by atoms with Crippen LogP contribution in [0.4, 0.5) is 10.1 Å². The third-order valence-corrected chi connectivity index (χ3v) is 6.02. The van der Waals surface area contributed by atoms with Crippen LogP contribution in [0.2, 0.25) is 0 Å². The van der Waals surface area contributed by atoms with Crippen molar-refractivity contribution >= 4 is 40.7 Å². The Morgan fingerprint density at radius 1 is 1.03 bits per heavy atom. The summed E-state index contributed by atoms with van der Waals surface area (Å²) in [6, 6.07) is 20.1. The molecule has 1 atom stereocenters. The molecule has 2 N–H and O–H groups in total. The van der Waals surface area contributed by atoms with Gasteiger partial charge in [-0.3, -0.25) is 24.7 Å². The molecule has 3 aromatic carbocycles. The van der Waals surface area contributed by atoms with Crippen LogP contribution in [0, 0.1) is 5.82 Å². The molecule has 3 aromatic rings. The van der Waals surface area contributed by atoms with Crippen LogP contribution in [-0.2, 0) is 16.1 Å². The third-order valence-electron chi connectivity index (χ3n) is 5.60. The third kappa shape index (κ3) is 6.28. The number of thiocarbonyl (C=S) groups is 1. The van der Waals surface area contributed by atoms with E-state index in [-0.39, 0.29) is 23.6 Å². The highest BCUT2D eigenvalue weighted by Gasteiger charge is 2.44. The van der Waals surface area contributed by atoms with Gasteiger partial charge in [0.15, 0.2) is 5.11 Å². The summed E-state index contributed by atoms with van der Waals surface area (Å²) in [6.07, 6.45) is -0.285. The number of nitrogens with one attached hydrogen (secondary N) is 2. The molecule has 1 fully saturated rings. The highest BCUT2D eigenvalue weighted by atomic mass is 32.1. The molecule has 1 saturated heterocycles. The zero-order valence-corrected chi connectivity index (χ0v) is 20.8. The van der Waals surface area contributed by atoms with Crippen molar-refractivity contribution in [2.24, 2.45) is 0 Å². The Labute approximate surface area is 219 Å². The van der Waals surface area contributed by atoms with Crippen molar-refractivity contribution in [1.82, 2.24) is 15.3 Å². The molecule has 0 saturated carbocycles. The molecule has 0 bridgehead atoms. The standard InChI is InChI=1S/C27H25FN4O4S/c1-2-36-22-13-7-12-21(15-22)29-24(33)16-23-26(35)31(17-18-8-4-3-5-9-18)27(37)32(23)30-25(34)19-10-6-11-20(28)14-19/h3-15,23H,2,16-17H2,1H3,(H,29,33)(H,30,34). The molecule has 1 aliphatic heterocycles. The van der Waals surface area contributed by atoms with Crippen LogP contribution in [0.5, 0.6) is 5.75 Å². The average molecular weight is 521 g/mol. The molecule has 10 heteroatoms. The summed E-state index contributed by atoms with van der Waals surface area (Å²) in [4.78, 5) is 40.6. The van der Waals surface area contributed by atoms with Crippen molar-refractivity contribution in [3.05, 3.63) is 95.8 Å². The number of nitrogens with zero attached hydrogens (tertiary/aromatic N) is 2. The summed E-state index contributed by atoms with van der Waals surface area (Å²) in [7, 11) is 0. The lowest BCUT2D eigenvalue weighted by molar-refractivity contribution is -0.131. The maximum absolute atomic E-state index is 13.7. The zero-order valence-electron chi connectivity index (χ0n) is 20.0. The van der Waals surface area contributed by atoms with Gasteiger partial charge in [0.2, 0.25) is 5.91 Å². The smallest absolute Gasteiger partial charge is 0.269 e. The molecule has 8 nitrogen and oxygen atoms in total. The van der Waals surface area contributed by atoms with Gasteiger partial charge in [-0.05, 0) is 55.0 Å². The molecule has 0 radical (unpaired) electrons.